The highest BCUT2D eigenvalue weighted by Gasteiger charge is 2.24. The van der Waals surface area contributed by atoms with Crippen LogP contribution in [0.4, 0.5) is 0 Å². The van der Waals surface area contributed by atoms with Crippen molar-refractivity contribution in [1.29, 1.82) is 0 Å². The number of methoxy groups -OCH3 is 1. The van der Waals surface area contributed by atoms with Crippen molar-refractivity contribution in [2.45, 2.75) is 47.5 Å². The average Bonchev–Trinajstić information content (AvgIpc) is 2.70. The first-order valence-corrected chi connectivity index (χ1v) is 10.4. The van der Waals surface area contributed by atoms with Crippen LogP contribution in [0.5, 0.6) is 17.2 Å². The van der Waals surface area contributed by atoms with E-state index in [-0.39, 0.29) is 51.2 Å². The van der Waals surface area contributed by atoms with Gasteiger partial charge in [-0.05, 0) is 53.0 Å². The lowest BCUT2D eigenvalue weighted by atomic mass is 9.93. The van der Waals surface area contributed by atoms with Crippen LogP contribution in [-0.4, -0.2) is 23.1 Å². The van der Waals surface area contributed by atoms with Crippen molar-refractivity contribution in [1.82, 2.24) is 0 Å². The lowest BCUT2D eigenvalue weighted by Gasteiger charge is -2.15. The lowest BCUT2D eigenvalue weighted by molar-refractivity contribution is 0.101. The quantitative estimate of drug-likeness (QED) is 0.297. The summed E-state index contributed by atoms with van der Waals surface area (Å²) in [6, 6.07) is 2.84. The molecule has 2 N–H and O–H groups in total. The number of phenols is 2. The molecular weight excluding hydrogens is 408 g/mol. The summed E-state index contributed by atoms with van der Waals surface area (Å²) in [4.78, 5) is 26.2. The Bertz CT molecular complexity index is 1350. The molecule has 1 aromatic heterocycles. The van der Waals surface area contributed by atoms with E-state index in [0.29, 0.717) is 23.3 Å². The van der Waals surface area contributed by atoms with Crippen molar-refractivity contribution in [2.75, 3.05) is 7.11 Å². The molecule has 0 fully saturated rings. The molecule has 32 heavy (non-hydrogen) atoms. The number of hydrogen-bond acceptors (Lipinski definition) is 6. The van der Waals surface area contributed by atoms with Gasteiger partial charge in [0.25, 0.3) is 0 Å². The van der Waals surface area contributed by atoms with Crippen molar-refractivity contribution in [2.24, 2.45) is 0 Å². The second kappa shape index (κ2) is 8.91. The number of aromatic hydroxyl groups is 2. The minimum Gasteiger partial charge on any atom is -0.507 e. The van der Waals surface area contributed by atoms with E-state index in [1.165, 1.54) is 26.2 Å². The van der Waals surface area contributed by atoms with Crippen molar-refractivity contribution in [3.8, 4) is 17.2 Å². The fourth-order valence-corrected chi connectivity index (χ4v) is 3.80. The summed E-state index contributed by atoms with van der Waals surface area (Å²) in [6.45, 7) is 9.09. The molecule has 1 heterocycles. The lowest BCUT2D eigenvalue weighted by Crippen LogP contribution is -2.11. The molecule has 0 amide bonds. The second-order valence-corrected chi connectivity index (χ2v) is 8.36. The van der Waals surface area contributed by atoms with Crippen molar-refractivity contribution in [3.63, 3.8) is 0 Å². The Morgan fingerprint density at radius 2 is 1.50 bits per heavy atom. The maximum Gasteiger partial charge on any atom is 0.204 e. The largest absolute Gasteiger partial charge is 0.507 e. The summed E-state index contributed by atoms with van der Waals surface area (Å²) in [7, 11) is 1.45. The molecule has 6 heteroatoms. The van der Waals surface area contributed by atoms with Crippen molar-refractivity contribution in [3.05, 3.63) is 62.3 Å². The molecular formula is C26H28O6. The summed E-state index contributed by atoms with van der Waals surface area (Å²) < 4.78 is 11.4. The van der Waals surface area contributed by atoms with Gasteiger partial charge in [-0.25, -0.2) is 0 Å². The number of ether oxygens (including phenoxy) is 1. The van der Waals surface area contributed by atoms with Gasteiger partial charge in [0.2, 0.25) is 5.43 Å². The van der Waals surface area contributed by atoms with E-state index >= 15 is 0 Å². The summed E-state index contributed by atoms with van der Waals surface area (Å²) >= 11 is 0. The molecule has 0 aliphatic heterocycles. The number of carbonyl (C=O) groups is 1. The van der Waals surface area contributed by atoms with Gasteiger partial charge in [-0.1, -0.05) is 23.3 Å². The number of ketones is 1. The molecule has 0 atom stereocenters. The maximum absolute atomic E-state index is 13.7. The highest BCUT2D eigenvalue weighted by Crippen LogP contribution is 2.38. The highest BCUT2D eigenvalue weighted by atomic mass is 16.5. The summed E-state index contributed by atoms with van der Waals surface area (Å²) in [5.74, 6) is -0.411. The van der Waals surface area contributed by atoms with E-state index in [2.05, 4.69) is 0 Å². The molecule has 2 aromatic carbocycles. The predicted molar refractivity (Wildman–Crippen MR) is 126 cm³/mol. The number of hydrogen-bond donors (Lipinski definition) is 2. The number of rotatable bonds is 6. The molecule has 3 aromatic rings. The first kappa shape index (κ1) is 23.1. The number of allylic oxidation sites excluding steroid dienone is 4. The molecule has 0 aliphatic carbocycles. The molecule has 0 saturated heterocycles. The minimum atomic E-state index is -0.459. The smallest absolute Gasteiger partial charge is 0.204 e. The molecule has 168 valence electrons. The van der Waals surface area contributed by atoms with Gasteiger partial charge in [-0.15, -0.1) is 0 Å². The highest BCUT2D eigenvalue weighted by molar-refractivity contribution is 6.05. The van der Waals surface area contributed by atoms with Crippen LogP contribution in [0, 0.1) is 0 Å². The van der Waals surface area contributed by atoms with Crippen LogP contribution in [0.15, 0.2) is 44.6 Å². The van der Waals surface area contributed by atoms with Crippen LogP contribution in [0.2, 0.25) is 0 Å². The van der Waals surface area contributed by atoms with Crippen LogP contribution in [-0.2, 0) is 12.8 Å². The Morgan fingerprint density at radius 1 is 0.938 bits per heavy atom. The van der Waals surface area contributed by atoms with Crippen LogP contribution in [0.3, 0.4) is 0 Å². The molecule has 0 bridgehead atoms. The van der Waals surface area contributed by atoms with E-state index in [1.54, 1.807) is 0 Å². The third-order valence-electron chi connectivity index (χ3n) is 5.38. The third-order valence-corrected chi connectivity index (χ3v) is 5.38. The summed E-state index contributed by atoms with van der Waals surface area (Å²) in [5.41, 5.74) is 2.90. The minimum absolute atomic E-state index is 0.0226. The van der Waals surface area contributed by atoms with E-state index in [0.717, 1.165) is 11.1 Å². The Labute approximate surface area is 186 Å². The standard InChI is InChI=1S/C26H28O6/c1-13(2)7-9-16-18(28)11-20-24(25(16)29)26(30)23-17(10-8-14(3)4)22(15(5)27)19(31-6)12-21(23)32-20/h7-8,11-12,28-29H,9-10H2,1-6H3. The number of fused-ring (bicyclic) bond motifs is 2. The number of benzene rings is 2. The van der Waals surface area contributed by atoms with Gasteiger partial charge in [-0.3, -0.25) is 9.59 Å². The monoisotopic (exact) mass is 436 g/mol. The topological polar surface area (TPSA) is 97.0 Å². The zero-order chi connectivity index (χ0) is 23.7. The van der Waals surface area contributed by atoms with Crippen molar-refractivity contribution >= 4 is 27.7 Å². The van der Waals surface area contributed by atoms with Crippen LogP contribution < -0.4 is 10.2 Å². The van der Waals surface area contributed by atoms with Crippen molar-refractivity contribution < 1.29 is 24.2 Å². The van der Waals surface area contributed by atoms with Gasteiger partial charge in [0.05, 0.1) is 18.1 Å². The van der Waals surface area contributed by atoms with Gasteiger partial charge in [0.1, 0.15) is 33.8 Å². The zero-order valence-electron chi connectivity index (χ0n) is 19.3. The fraction of sp³-hybridized carbons (Fsp3) is 0.308. The van der Waals surface area contributed by atoms with E-state index in [1.807, 2.05) is 39.8 Å². The van der Waals surface area contributed by atoms with Crippen LogP contribution >= 0.6 is 0 Å². The van der Waals surface area contributed by atoms with Gasteiger partial charge in [-0.2, -0.15) is 0 Å². The number of phenolic OH excluding ortho intramolecular Hbond substituents is 2. The van der Waals surface area contributed by atoms with Gasteiger partial charge in [0, 0.05) is 17.7 Å². The molecule has 6 nitrogen and oxygen atoms in total. The average molecular weight is 437 g/mol. The molecule has 0 radical (unpaired) electrons. The molecule has 3 rings (SSSR count). The summed E-state index contributed by atoms with van der Waals surface area (Å²) in [5, 5.41) is 21.6. The Balaban J connectivity index is 2.51. The molecule has 0 spiro atoms. The Hall–Kier alpha value is -3.54. The predicted octanol–water partition coefficient (Wildman–Crippen LogP) is 5.59. The van der Waals surface area contributed by atoms with Crippen LogP contribution in [0.25, 0.3) is 21.9 Å². The van der Waals surface area contributed by atoms with Gasteiger partial charge in [0.15, 0.2) is 5.78 Å². The Morgan fingerprint density at radius 3 is 2.03 bits per heavy atom. The second-order valence-electron chi connectivity index (χ2n) is 8.36. The fourth-order valence-electron chi connectivity index (χ4n) is 3.80. The molecule has 0 saturated carbocycles. The van der Waals surface area contributed by atoms with E-state index in [9.17, 15) is 19.8 Å². The van der Waals surface area contributed by atoms with Gasteiger partial charge >= 0.3 is 0 Å². The molecule has 0 aliphatic rings. The third kappa shape index (κ3) is 4.13. The maximum atomic E-state index is 13.7. The molecule has 0 unspecified atom stereocenters. The van der Waals surface area contributed by atoms with Gasteiger partial charge < -0.3 is 19.4 Å². The number of Topliss-reactive ketones (excluding diaryl/α,β-unsaturated/α-hetero) is 1. The normalized spacial score (nSPS) is 10.9. The summed E-state index contributed by atoms with van der Waals surface area (Å²) in [6.07, 6.45) is 4.35. The van der Waals surface area contributed by atoms with E-state index < -0.39 is 5.43 Å². The number of carbonyl (C=O) groups excluding carboxylic acids is 1. The SMILES string of the molecule is COc1cc2oc3cc(O)c(CC=C(C)C)c(O)c3c(=O)c2c(CC=C(C)C)c1C(C)=O. The van der Waals surface area contributed by atoms with E-state index in [4.69, 9.17) is 9.15 Å². The zero-order valence-corrected chi connectivity index (χ0v) is 19.3. The van der Waals surface area contributed by atoms with Crippen LogP contribution in [0.1, 0.15) is 56.1 Å². The first-order valence-electron chi connectivity index (χ1n) is 10.4. The Kier molecular flexibility index (Phi) is 6.44. The first-order chi connectivity index (χ1) is 15.1.